The van der Waals surface area contributed by atoms with Crippen LogP contribution < -0.4 is 74.6 Å². The Morgan fingerprint density at radius 2 is 2.12 bits per heavy atom. The molecule has 0 bridgehead atoms. The molecule has 2 unspecified atom stereocenters. The minimum atomic E-state index is -1.10. The van der Waals surface area contributed by atoms with E-state index in [0.29, 0.717) is 0 Å². The monoisotopic (exact) mass is 263 g/mol. The van der Waals surface area contributed by atoms with Crippen LogP contribution in [-0.4, -0.2) is 48.6 Å². The van der Waals surface area contributed by atoms with E-state index in [1.807, 2.05) is 0 Å². The van der Waals surface area contributed by atoms with Gasteiger partial charge in [0.25, 0.3) is 0 Å². The number of carbonyl (C=O) groups is 1. The zero-order valence-electron chi connectivity index (χ0n) is 10.5. The van der Waals surface area contributed by atoms with Gasteiger partial charge in [-0.05, 0) is 6.42 Å². The fourth-order valence-electron chi connectivity index (χ4n) is 1.72. The Balaban J connectivity index is 0. The van der Waals surface area contributed by atoms with Gasteiger partial charge in [-0.3, -0.25) is 4.79 Å². The molecule has 0 saturated carbocycles. The molecule has 1 heterocycles. The Morgan fingerprint density at radius 3 is 2.53 bits per heavy atom. The Hall–Kier alpha value is 1.31. The van der Waals surface area contributed by atoms with Crippen molar-refractivity contribution in [3.05, 3.63) is 0 Å². The van der Waals surface area contributed by atoms with Crippen molar-refractivity contribution in [3.63, 3.8) is 0 Å². The fraction of sp³-hybridized carbons (Fsp3) is 0.889. The third-order valence-electron chi connectivity index (χ3n) is 2.40. The molecule has 1 amide bonds. The van der Waals surface area contributed by atoms with E-state index in [1.54, 1.807) is 0 Å². The maximum Gasteiger partial charge on any atom is 1.00 e. The molecule has 0 aromatic heterocycles. The van der Waals surface area contributed by atoms with Crippen molar-refractivity contribution >= 4 is 5.91 Å². The molecule has 0 aromatic rings. The predicted octanol–water partition coefficient (Wildman–Crippen LogP) is -9.26. The SMILES string of the molecule is CC(=O)NC1[C@H]([O-])CC(C[O-])O[C@H]1CO.[Na+].[Na+]. The van der Waals surface area contributed by atoms with Gasteiger partial charge >= 0.3 is 59.1 Å². The van der Waals surface area contributed by atoms with Crippen LogP contribution in [-0.2, 0) is 9.53 Å². The summed E-state index contributed by atoms with van der Waals surface area (Å²) in [5.41, 5.74) is 0. The van der Waals surface area contributed by atoms with Crippen molar-refractivity contribution in [3.8, 4) is 0 Å². The van der Waals surface area contributed by atoms with Gasteiger partial charge in [0.1, 0.15) is 0 Å². The number of hydrogen-bond donors (Lipinski definition) is 2. The third-order valence-corrected chi connectivity index (χ3v) is 2.40. The first-order valence-corrected chi connectivity index (χ1v) is 4.85. The summed E-state index contributed by atoms with van der Waals surface area (Å²) < 4.78 is 5.19. The number of aliphatic hydroxyl groups is 1. The van der Waals surface area contributed by atoms with Gasteiger partial charge in [-0.25, -0.2) is 0 Å². The molecule has 2 N–H and O–H groups in total. The first-order chi connectivity index (χ1) is 7.08. The summed E-state index contributed by atoms with van der Waals surface area (Å²) in [6.07, 6.45) is -2.46. The van der Waals surface area contributed by atoms with Crippen LogP contribution in [0, 0.1) is 0 Å². The van der Waals surface area contributed by atoms with Crippen molar-refractivity contribution in [2.45, 2.75) is 37.7 Å². The second-order valence-corrected chi connectivity index (χ2v) is 3.65. The predicted molar refractivity (Wildman–Crippen MR) is 46.6 cm³/mol. The number of aliphatic hydroxyl groups excluding tert-OH is 1. The number of amides is 1. The van der Waals surface area contributed by atoms with Crippen molar-refractivity contribution in [2.24, 2.45) is 0 Å². The standard InChI is InChI=1S/C9H15NO5.2Na/c1-5(13)10-9-7(14)2-6(3-11)15-8(9)4-12;;/h6-9,12H,2-4H2,1H3,(H,10,13);;/q-2;2*+1/t6?,7-,8+,9?;;/m1../s1. The Kier molecular flexibility index (Phi) is 12.3. The van der Waals surface area contributed by atoms with E-state index in [0.717, 1.165) is 0 Å². The summed E-state index contributed by atoms with van der Waals surface area (Å²) in [4.78, 5) is 10.8. The van der Waals surface area contributed by atoms with Crippen molar-refractivity contribution in [1.82, 2.24) is 5.32 Å². The summed E-state index contributed by atoms with van der Waals surface area (Å²) >= 11 is 0. The van der Waals surface area contributed by atoms with E-state index in [4.69, 9.17) is 9.84 Å². The second kappa shape index (κ2) is 10.1. The minimum absolute atomic E-state index is 0. The summed E-state index contributed by atoms with van der Waals surface area (Å²) in [7, 11) is 0. The zero-order chi connectivity index (χ0) is 11.4. The summed E-state index contributed by atoms with van der Waals surface area (Å²) in [6.45, 7) is 0.420. The molecule has 0 spiro atoms. The van der Waals surface area contributed by atoms with Gasteiger partial charge in [-0.15, -0.1) is 12.7 Å². The molecule has 1 saturated heterocycles. The molecule has 0 aliphatic carbocycles. The Labute approximate surface area is 145 Å². The molecule has 1 fully saturated rings. The van der Waals surface area contributed by atoms with Gasteiger partial charge in [-0.1, -0.05) is 0 Å². The van der Waals surface area contributed by atoms with Crippen LogP contribution in [0.2, 0.25) is 0 Å². The van der Waals surface area contributed by atoms with Crippen LogP contribution in [0.15, 0.2) is 0 Å². The Morgan fingerprint density at radius 1 is 1.53 bits per heavy atom. The van der Waals surface area contributed by atoms with Crippen LogP contribution in [0.4, 0.5) is 0 Å². The second-order valence-electron chi connectivity index (χ2n) is 3.65. The first kappa shape index (κ1) is 20.6. The van der Waals surface area contributed by atoms with Gasteiger partial charge in [0, 0.05) is 19.1 Å². The van der Waals surface area contributed by atoms with Crippen molar-refractivity contribution < 1.29 is 84.0 Å². The van der Waals surface area contributed by atoms with Gasteiger partial charge in [0.2, 0.25) is 5.91 Å². The van der Waals surface area contributed by atoms with Crippen LogP contribution in [0.25, 0.3) is 0 Å². The average Bonchev–Trinajstić information content (AvgIpc) is 2.20. The topological polar surface area (TPSA) is 105 Å². The molecule has 1 aliphatic heterocycles. The average molecular weight is 263 g/mol. The minimum Gasteiger partial charge on any atom is -0.853 e. The zero-order valence-corrected chi connectivity index (χ0v) is 14.5. The molecule has 17 heavy (non-hydrogen) atoms. The van der Waals surface area contributed by atoms with Crippen LogP contribution in [0.5, 0.6) is 0 Å². The van der Waals surface area contributed by atoms with E-state index in [1.165, 1.54) is 6.92 Å². The van der Waals surface area contributed by atoms with E-state index in [-0.39, 0.29) is 78.0 Å². The molecule has 1 rings (SSSR count). The maximum atomic E-state index is 11.6. The molecule has 88 valence electrons. The summed E-state index contributed by atoms with van der Waals surface area (Å²) in [5, 5.41) is 33.6. The molecule has 0 aromatic carbocycles. The van der Waals surface area contributed by atoms with Gasteiger partial charge < -0.3 is 25.4 Å². The van der Waals surface area contributed by atoms with Gasteiger partial charge in [0.15, 0.2) is 0 Å². The van der Waals surface area contributed by atoms with E-state index in [9.17, 15) is 15.0 Å². The normalized spacial score (nSPS) is 32.0. The molecular formula is C9H15NNa2O5. The molecular weight excluding hydrogens is 248 g/mol. The van der Waals surface area contributed by atoms with E-state index >= 15 is 0 Å². The molecule has 6 nitrogen and oxygen atoms in total. The van der Waals surface area contributed by atoms with Crippen LogP contribution >= 0.6 is 0 Å². The molecule has 8 heteroatoms. The Bertz CT molecular complexity index is 231. The molecule has 4 atom stereocenters. The summed E-state index contributed by atoms with van der Waals surface area (Å²) in [6, 6.07) is -0.754. The molecule has 0 radical (unpaired) electrons. The first-order valence-electron chi connectivity index (χ1n) is 4.85. The summed E-state index contributed by atoms with van der Waals surface area (Å²) in [5.74, 6) is -0.344. The van der Waals surface area contributed by atoms with E-state index < -0.39 is 31.0 Å². The number of hydrogen-bond acceptors (Lipinski definition) is 5. The maximum absolute atomic E-state index is 11.6. The third kappa shape index (κ3) is 6.33. The van der Waals surface area contributed by atoms with E-state index in [2.05, 4.69) is 5.32 Å². The smallest absolute Gasteiger partial charge is 0.853 e. The van der Waals surface area contributed by atoms with Crippen molar-refractivity contribution in [2.75, 3.05) is 13.2 Å². The largest absolute Gasteiger partial charge is 1.00 e. The van der Waals surface area contributed by atoms with Gasteiger partial charge in [0.05, 0.1) is 12.7 Å². The van der Waals surface area contributed by atoms with Crippen molar-refractivity contribution in [1.29, 1.82) is 0 Å². The van der Waals surface area contributed by atoms with Crippen LogP contribution in [0.1, 0.15) is 13.3 Å². The molecule has 1 aliphatic rings. The fourth-order valence-corrected chi connectivity index (χ4v) is 1.72. The number of nitrogens with one attached hydrogen (secondary N) is 1. The number of carbonyl (C=O) groups excluding carboxylic acids is 1. The van der Waals surface area contributed by atoms with Crippen LogP contribution in [0.3, 0.4) is 0 Å². The van der Waals surface area contributed by atoms with Gasteiger partial charge in [-0.2, -0.15) is 0 Å². The quantitative estimate of drug-likeness (QED) is 0.492. The number of rotatable bonds is 3. The number of ether oxygens (including phenoxy) is 1.